The lowest BCUT2D eigenvalue weighted by Crippen LogP contribution is -2.36. The van der Waals surface area contributed by atoms with Gasteiger partial charge < -0.3 is 25.8 Å². The second kappa shape index (κ2) is 4.61. The van der Waals surface area contributed by atoms with Gasteiger partial charge in [-0.2, -0.15) is 4.98 Å². The number of aliphatic hydroxyl groups is 3. The Hall–Kier alpha value is -1.55. The van der Waals surface area contributed by atoms with Crippen LogP contribution >= 0.6 is 0 Å². The number of hydrogen-bond acceptors (Lipinski definition) is 7. The Morgan fingerprint density at radius 3 is 2.72 bits per heavy atom. The van der Waals surface area contributed by atoms with E-state index in [-0.39, 0.29) is 0 Å². The summed E-state index contributed by atoms with van der Waals surface area (Å²) < 4.78 is 19.0. The highest BCUT2D eigenvalue weighted by atomic mass is 19.1. The van der Waals surface area contributed by atoms with Gasteiger partial charge >= 0.3 is 5.69 Å². The molecule has 1 saturated heterocycles. The van der Waals surface area contributed by atoms with Gasteiger partial charge in [-0.15, -0.1) is 0 Å². The summed E-state index contributed by atoms with van der Waals surface area (Å²) in [5.41, 5.74) is 4.18. The molecule has 9 heteroatoms. The summed E-state index contributed by atoms with van der Waals surface area (Å²) >= 11 is 0. The zero-order valence-corrected chi connectivity index (χ0v) is 9.10. The molecule has 2 rings (SSSR count). The maximum atomic E-state index is 13.2. The van der Waals surface area contributed by atoms with Gasteiger partial charge in [0.05, 0.1) is 12.8 Å². The third-order valence-electron chi connectivity index (χ3n) is 2.73. The van der Waals surface area contributed by atoms with Gasteiger partial charge in [-0.05, 0) is 0 Å². The monoisotopic (exact) mass is 261 g/mol. The highest BCUT2D eigenvalue weighted by Gasteiger charge is 2.43. The van der Waals surface area contributed by atoms with Crippen molar-refractivity contribution in [2.75, 3.05) is 12.3 Å². The van der Waals surface area contributed by atoms with Crippen molar-refractivity contribution in [2.24, 2.45) is 0 Å². The minimum atomic E-state index is -1.48. The van der Waals surface area contributed by atoms with E-state index in [0.717, 1.165) is 6.20 Å². The summed E-state index contributed by atoms with van der Waals surface area (Å²) in [4.78, 5) is 14.7. The minimum Gasteiger partial charge on any atom is -0.394 e. The summed E-state index contributed by atoms with van der Waals surface area (Å²) in [5.74, 6) is -1.52. The number of nitrogen functional groups attached to an aromatic ring is 1. The quantitative estimate of drug-likeness (QED) is 0.465. The van der Waals surface area contributed by atoms with Gasteiger partial charge in [-0.1, -0.05) is 0 Å². The van der Waals surface area contributed by atoms with Crippen LogP contribution in [0.5, 0.6) is 0 Å². The Kier molecular flexibility index (Phi) is 3.30. The lowest BCUT2D eigenvalue weighted by molar-refractivity contribution is -0.0553. The van der Waals surface area contributed by atoms with Crippen LogP contribution in [0.25, 0.3) is 0 Å². The average molecular weight is 261 g/mol. The standard InChI is InChI=1S/C9H12FN3O5/c10-3-1-13(9(17)12-7(3)11)8-6(16)5(15)4(2-14)18-8/h1,4-6,8,14-16H,2H2,(H2,11,12,17)/t4?,5?,6?,8-/m1/s1. The lowest BCUT2D eigenvalue weighted by Gasteiger charge is -2.17. The molecule has 1 fully saturated rings. The normalized spacial score (nSPS) is 31.8. The first-order valence-electron chi connectivity index (χ1n) is 5.12. The molecular weight excluding hydrogens is 249 g/mol. The van der Waals surface area contributed by atoms with Crippen molar-refractivity contribution in [2.45, 2.75) is 24.5 Å². The fourth-order valence-corrected chi connectivity index (χ4v) is 1.75. The number of halogens is 1. The van der Waals surface area contributed by atoms with E-state index in [9.17, 15) is 19.4 Å². The number of nitrogens with two attached hydrogens (primary N) is 1. The van der Waals surface area contributed by atoms with E-state index in [1.165, 1.54) is 0 Å². The van der Waals surface area contributed by atoms with Gasteiger partial charge in [0.15, 0.2) is 17.9 Å². The fourth-order valence-electron chi connectivity index (χ4n) is 1.75. The van der Waals surface area contributed by atoms with Crippen LogP contribution < -0.4 is 11.4 Å². The number of anilines is 1. The predicted molar refractivity (Wildman–Crippen MR) is 55.9 cm³/mol. The molecule has 0 aromatic carbocycles. The van der Waals surface area contributed by atoms with Gasteiger partial charge in [0.2, 0.25) is 0 Å². The van der Waals surface area contributed by atoms with Crippen LogP contribution in [-0.4, -0.2) is 49.8 Å². The van der Waals surface area contributed by atoms with Gasteiger partial charge in [0.25, 0.3) is 0 Å². The highest BCUT2D eigenvalue weighted by molar-refractivity contribution is 5.26. The van der Waals surface area contributed by atoms with Crippen LogP contribution in [0, 0.1) is 5.82 Å². The second-order valence-corrected chi connectivity index (χ2v) is 3.89. The molecule has 5 N–H and O–H groups in total. The molecule has 8 nitrogen and oxygen atoms in total. The van der Waals surface area contributed by atoms with Crippen molar-refractivity contribution in [3.63, 3.8) is 0 Å². The molecule has 0 aliphatic carbocycles. The van der Waals surface area contributed by atoms with Crippen LogP contribution in [0.2, 0.25) is 0 Å². The predicted octanol–water partition coefficient (Wildman–Crippen LogP) is -2.42. The van der Waals surface area contributed by atoms with E-state index in [4.69, 9.17) is 15.6 Å². The molecule has 1 aromatic heterocycles. The molecule has 100 valence electrons. The molecule has 1 aliphatic heterocycles. The zero-order valence-electron chi connectivity index (χ0n) is 9.10. The summed E-state index contributed by atoms with van der Waals surface area (Å²) in [6.45, 7) is -0.547. The van der Waals surface area contributed by atoms with E-state index in [2.05, 4.69) is 4.98 Å². The van der Waals surface area contributed by atoms with E-state index >= 15 is 0 Å². The van der Waals surface area contributed by atoms with Crippen LogP contribution in [0.1, 0.15) is 6.23 Å². The fraction of sp³-hybridized carbons (Fsp3) is 0.556. The van der Waals surface area contributed by atoms with Crippen LogP contribution in [0.15, 0.2) is 11.0 Å². The first-order valence-corrected chi connectivity index (χ1v) is 5.12. The van der Waals surface area contributed by atoms with Crippen LogP contribution in [-0.2, 0) is 4.74 Å². The summed E-state index contributed by atoms with van der Waals surface area (Å²) in [6, 6.07) is 0. The van der Waals surface area contributed by atoms with Gasteiger partial charge in [0.1, 0.15) is 18.3 Å². The molecule has 2 heterocycles. The molecule has 1 aromatic rings. The Morgan fingerprint density at radius 1 is 1.50 bits per heavy atom. The topological polar surface area (TPSA) is 131 Å². The molecule has 0 amide bonds. The molecule has 0 bridgehead atoms. The Morgan fingerprint density at radius 2 is 2.17 bits per heavy atom. The Bertz CT molecular complexity index is 507. The number of ether oxygens (including phenoxy) is 1. The van der Waals surface area contributed by atoms with E-state index in [0.29, 0.717) is 4.57 Å². The minimum absolute atomic E-state index is 0.547. The number of aliphatic hydroxyl groups excluding tert-OH is 3. The number of nitrogens with zero attached hydrogens (tertiary/aromatic N) is 2. The first-order chi connectivity index (χ1) is 8.45. The molecule has 0 saturated carbocycles. The molecule has 4 atom stereocenters. The Labute approximate surface area is 100 Å². The molecule has 1 aliphatic rings. The lowest BCUT2D eigenvalue weighted by atomic mass is 10.1. The molecule has 3 unspecified atom stereocenters. The number of hydrogen-bond donors (Lipinski definition) is 4. The van der Waals surface area contributed by atoms with E-state index in [1.807, 2.05) is 0 Å². The van der Waals surface area contributed by atoms with Crippen molar-refractivity contribution in [1.29, 1.82) is 0 Å². The largest absolute Gasteiger partial charge is 0.394 e. The van der Waals surface area contributed by atoms with E-state index < -0.39 is 48.5 Å². The average Bonchev–Trinajstić information content (AvgIpc) is 2.61. The summed E-state index contributed by atoms with van der Waals surface area (Å²) in [6.07, 6.45) is -4.52. The number of aromatic nitrogens is 2. The molecule has 0 radical (unpaired) electrons. The number of rotatable bonds is 2. The second-order valence-electron chi connectivity index (χ2n) is 3.89. The van der Waals surface area contributed by atoms with Crippen molar-refractivity contribution >= 4 is 5.82 Å². The van der Waals surface area contributed by atoms with Crippen LogP contribution in [0.4, 0.5) is 10.2 Å². The third kappa shape index (κ3) is 1.97. The SMILES string of the molecule is Nc1nc(=O)n([C@@H]2OC(CO)C(O)C2O)cc1F. The third-order valence-corrected chi connectivity index (χ3v) is 2.73. The van der Waals surface area contributed by atoms with E-state index in [1.54, 1.807) is 0 Å². The maximum absolute atomic E-state index is 13.2. The Balaban J connectivity index is 2.39. The van der Waals surface area contributed by atoms with Gasteiger partial charge in [-0.3, -0.25) is 4.57 Å². The molecule has 0 spiro atoms. The molecule has 18 heavy (non-hydrogen) atoms. The van der Waals surface area contributed by atoms with Crippen molar-refractivity contribution in [1.82, 2.24) is 9.55 Å². The van der Waals surface area contributed by atoms with Gasteiger partial charge in [0, 0.05) is 0 Å². The first kappa shape index (κ1) is 12.9. The molecular formula is C9H12FN3O5. The smallest absolute Gasteiger partial charge is 0.351 e. The van der Waals surface area contributed by atoms with Crippen molar-refractivity contribution in [3.05, 3.63) is 22.5 Å². The van der Waals surface area contributed by atoms with Gasteiger partial charge in [-0.25, -0.2) is 9.18 Å². The van der Waals surface area contributed by atoms with Crippen LogP contribution in [0.3, 0.4) is 0 Å². The summed E-state index contributed by atoms with van der Waals surface area (Å²) in [7, 11) is 0. The maximum Gasteiger partial charge on any atom is 0.351 e. The van der Waals surface area contributed by atoms with Crippen molar-refractivity contribution in [3.8, 4) is 0 Å². The zero-order chi connectivity index (χ0) is 13.4. The van der Waals surface area contributed by atoms with Crippen molar-refractivity contribution < 1.29 is 24.4 Å². The highest BCUT2D eigenvalue weighted by Crippen LogP contribution is 2.28. The summed E-state index contributed by atoms with van der Waals surface area (Å²) in [5, 5.41) is 28.1.